The molecule has 0 heterocycles. The third-order valence-electron chi connectivity index (χ3n) is 3.24. The minimum atomic E-state index is -3.68. The average molecular weight is 300 g/mol. The molecule has 0 fully saturated rings. The molecule has 0 aliphatic heterocycles. The lowest BCUT2D eigenvalue weighted by Crippen LogP contribution is -2.40. The van der Waals surface area contributed by atoms with Gasteiger partial charge in [0.2, 0.25) is 10.0 Å². The Bertz CT molecular complexity index is 616. The molecule has 6 heteroatoms. The van der Waals surface area contributed by atoms with Gasteiger partial charge in [-0.25, -0.2) is 8.42 Å². The first-order valence-corrected chi connectivity index (χ1v) is 7.87. The number of sulfonamides is 1. The first kappa shape index (κ1) is 16.9. The maximum atomic E-state index is 12.7. The molecule has 5 nitrogen and oxygen atoms in total. The third kappa shape index (κ3) is 3.31. The lowest BCUT2D eigenvalue weighted by atomic mass is 10.1. The summed E-state index contributed by atoms with van der Waals surface area (Å²) in [6, 6.07) is 1.77. The molecule has 0 aliphatic carbocycles. The predicted octanol–water partition coefficient (Wildman–Crippen LogP) is 1.59. The fourth-order valence-electron chi connectivity index (χ4n) is 2.36. The molecule has 0 saturated carbocycles. The zero-order valence-corrected chi connectivity index (χ0v) is 13.8. The molecule has 0 bridgehead atoms. The van der Waals surface area contributed by atoms with Gasteiger partial charge in [0.1, 0.15) is 0 Å². The first-order chi connectivity index (χ1) is 8.88. The van der Waals surface area contributed by atoms with Gasteiger partial charge in [0.15, 0.2) is 0 Å². The van der Waals surface area contributed by atoms with Crippen LogP contribution in [0.25, 0.3) is 0 Å². The van der Waals surface area contributed by atoms with E-state index in [1.54, 1.807) is 33.8 Å². The highest BCUT2D eigenvalue weighted by atomic mass is 32.2. The highest BCUT2D eigenvalue weighted by molar-refractivity contribution is 7.89. The van der Waals surface area contributed by atoms with Gasteiger partial charge in [-0.15, -0.1) is 0 Å². The van der Waals surface area contributed by atoms with E-state index in [1.807, 2.05) is 6.92 Å². The number of nitrogens with two attached hydrogens (primary N) is 1. The van der Waals surface area contributed by atoms with Crippen molar-refractivity contribution in [2.75, 3.05) is 19.3 Å². The van der Waals surface area contributed by atoms with Crippen molar-refractivity contribution in [3.8, 4) is 0 Å². The Labute approximate surface area is 121 Å². The number of anilines is 1. The number of aryl methyl sites for hydroxylation is 2. The smallest absolute Gasteiger partial charge is 0.243 e. The first-order valence-electron chi connectivity index (χ1n) is 6.43. The molecule has 0 atom stereocenters. The van der Waals surface area contributed by atoms with Crippen LogP contribution in [0, 0.1) is 20.8 Å². The van der Waals surface area contributed by atoms with E-state index < -0.39 is 15.6 Å². The van der Waals surface area contributed by atoms with Crippen LogP contribution in [-0.2, 0) is 10.0 Å². The lowest BCUT2D eigenvalue weighted by Gasteiger charge is -2.26. The Hall–Kier alpha value is -1.11. The molecular weight excluding hydrogens is 276 g/mol. The quantitative estimate of drug-likeness (QED) is 0.827. The van der Waals surface area contributed by atoms with Crippen molar-refractivity contribution in [3.05, 3.63) is 22.8 Å². The summed E-state index contributed by atoms with van der Waals surface area (Å²) >= 11 is 0. The fourth-order valence-corrected chi connectivity index (χ4v) is 4.12. The van der Waals surface area contributed by atoms with Crippen molar-refractivity contribution >= 4 is 15.7 Å². The van der Waals surface area contributed by atoms with Gasteiger partial charge in [-0.3, -0.25) is 0 Å². The zero-order chi connectivity index (χ0) is 15.9. The van der Waals surface area contributed by atoms with Crippen LogP contribution in [-0.4, -0.2) is 37.0 Å². The molecule has 114 valence electrons. The molecule has 0 aliphatic rings. The average Bonchev–Trinajstić information content (AvgIpc) is 2.23. The van der Waals surface area contributed by atoms with Crippen LogP contribution in [0.1, 0.15) is 30.5 Å². The summed E-state index contributed by atoms with van der Waals surface area (Å²) in [6.45, 7) is 8.48. The van der Waals surface area contributed by atoms with Crippen molar-refractivity contribution in [2.45, 2.75) is 45.1 Å². The second-order valence-corrected chi connectivity index (χ2v) is 7.93. The van der Waals surface area contributed by atoms with Gasteiger partial charge in [0.25, 0.3) is 0 Å². The molecule has 0 aromatic heterocycles. The number of nitrogens with zero attached hydrogens (tertiary/aromatic N) is 1. The SMILES string of the molecule is Cc1cc(C)c(S(=O)(=O)N(C)CC(C)(C)O)c(C)c1N. The van der Waals surface area contributed by atoms with Gasteiger partial charge >= 0.3 is 0 Å². The highest BCUT2D eigenvalue weighted by Crippen LogP contribution is 2.30. The van der Waals surface area contributed by atoms with Crippen LogP contribution in [0.2, 0.25) is 0 Å². The number of likely N-dealkylation sites (N-methyl/N-ethyl adjacent to an activating group) is 1. The van der Waals surface area contributed by atoms with Gasteiger partial charge in [0.05, 0.1) is 10.5 Å². The number of rotatable bonds is 4. The Morgan fingerprint density at radius 2 is 1.75 bits per heavy atom. The predicted molar refractivity (Wildman–Crippen MR) is 81.2 cm³/mol. The number of hydrogen-bond acceptors (Lipinski definition) is 4. The van der Waals surface area contributed by atoms with E-state index in [-0.39, 0.29) is 11.4 Å². The summed E-state index contributed by atoms with van der Waals surface area (Å²) in [7, 11) is -2.22. The Morgan fingerprint density at radius 1 is 1.25 bits per heavy atom. The third-order valence-corrected chi connectivity index (χ3v) is 5.33. The van der Waals surface area contributed by atoms with E-state index in [2.05, 4.69) is 0 Å². The molecule has 1 rings (SSSR count). The number of benzene rings is 1. The minimum Gasteiger partial charge on any atom is -0.398 e. The molecule has 0 unspecified atom stereocenters. The topological polar surface area (TPSA) is 83.6 Å². The maximum absolute atomic E-state index is 12.7. The van der Waals surface area contributed by atoms with Gasteiger partial charge in [-0.05, 0) is 51.3 Å². The normalized spacial score (nSPS) is 13.0. The molecule has 0 saturated heterocycles. The molecule has 0 radical (unpaired) electrons. The summed E-state index contributed by atoms with van der Waals surface area (Å²) in [6.07, 6.45) is 0. The van der Waals surface area contributed by atoms with Crippen LogP contribution in [0.4, 0.5) is 5.69 Å². The van der Waals surface area contributed by atoms with Crippen LogP contribution in [0.5, 0.6) is 0 Å². The second-order valence-electron chi connectivity index (χ2n) is 5.95. The van der Waals surface area contributed by atoms with Crippen LogP contribution >= 0.6 is 0 Å². The molecule has 1 aromatic carbocycles. The standard InChI is InChI=1S/C14H24N2O3S/c1-9-7-10(2)13(11(3)12(9)15)20(18,19)16(6)8-14(4,5)17/h7,17H,8,15H2,1-6H3. The van der Waals surface area contributed by atoms with Crippen LogP contribution < -0.4 is 5.73 Å². The fraction of sp³-hybridized carbons (Fsp3) is 0.571. The Balaban J connectivity index is 3.41. The second kappa shape index (κ2) is 5.35. The maximum Gasteiger partial charge on any atom is 0.243 e. The number of nitrogen functional groups attached to an aromatic ring is 1. The summed E-state index contributed by atoms with van der Waals surface area (Å²) in [5.74, 6) is 0. The molecule has 0 spiro atoms. The van der Waals surface area contributed by atoms with E-state index in [9.17, 15) is 13.5 Å². The monoisotopic (exact) mass is 300 g/mol. The van der Waals surface area contributed by atoms with Crippen LogP contribution in [0.15, 0.2) is 11.0 Å². The van der Waals surface area contributed by atoms with E-state index in [0.29, 0.717) is 16.8 Å². The van der Waals surface area contributed by atoms with Gasteiger partial charge in [-0.2, -0.15) is 4.31 Å². The van der Waals surface area contributed by atoms with Crippen molar-refractivity contribution in [1.29, 1.82) is 0 Å². The van der Waals surface area contributed by atoms with E-state index in [4.69, 9.17) is 5.73 Å². The van der Waals surface area contributed by atoms with E-state index >= 15 is 0 Å². The van der Waals surface area contributed by atoms with Crippen molar-refractivity contribution in [2.24, 2.45) is 0 Å². The van der Waals surface area contributed by atoms with Gasteiger partial charge in [0, 0.05) is 19.3 Å². The number of hydrogen-bond donors (Lipinski definition) is 2. The minimum absolute atomic E-state index is 0.0159. The van der Waals surface area contributed by atoms with E-state index in [1.165, 1.54) is 7.05 Å². The van der Waals surface area contributed by atoms with Gasteiger partial charge in [-0.1, -0.05) is 6.07 Å². The van der Waals surface area contributed by atoms with Crippen LogP contribution in [0.3, 0.4) is 0 Å². The molecule has 20 heavy (non-hydrogen) atoms. The summed E-state index contributed by atoms with van der Waals surface area (Å²) in [5.41, 5.74) is 7.43. The largest absolute Gasteiger partial charge is 0.398 e. The molecule has 0 amide bonds. The van der Waals surface area contributed by atoms with E-state index in [0.717, 1.165) is 9.87 Å². The summed E-state index contributed by atoms with van der Waals surface area (Å²) in [5, 5.41) is 9.80. The summed E-state index contributed by atoms with van der Waals surface area (Å²) < 4.78 is 26.5. The van der Waals surface area contributed by atoms with Crippen molar-refractivity contribution in [1.82, 2.24) is 4.31 Å². The highest BCUT2D eigenvalue weighted by Gasteiger charge is 2.29. The Kier molecular flexibility index (Phi) is 4.53. The lowest BCUT2D eigenvalue weighted by molar-refractivity contribution is 0.0639. The number of aliphatic hydroxyl groups is 1. The zero-order valence-electron chi connectivity index (χ0n) is 13.0. The van der Waals surface area contributed by atoms with Crippen molar-refractivity contribution < 1.29 is 13.5 Å². The van der Waals surface area contributed by atoms with Crippen molar-refractivity contribution in [3.63, 3.8) is 0 Å². The molecule has 3 N–H and O–H groups in total. The molecule has 1 aromatic rings. The molecular formula is C14H24N2O3S. The summed E-state index contributed by atoms with van der Waals surface area (Å²) in [4.78, 5) is 0.229. The Morgan fingerprint density at radius 3 is 2.20 bits per heavy atom. The van der Waals surface area contributed by atoms with Gasteiger partial charge < -0.3 is 10.8 Å².